The molecule has 0 bridgehead atoms. The molecule has 0 amide bonds. The summed E-state index contributed by atoms with van der Waals surface area (Å²) in [6, 6.07) is 11.6. The lowest BCUT2D eigenvalue weighted by atomic mass is 9.90. The quantitative estimate of drug-likeness (QED) is 0.844. The first kappa shape index (κ1) is 11.9. The lowest BCUT2D eigenvalue weighted by Crippen LogP contribution is -2.18. The van der Waals surface area contributed by atoms with E-state index < -0.39 is 0 Å². The Bertz CT molecular complexity index is 521. The van der Waals surface area contributed by atoms with Crippen molar-refractivity contribution in [3.05, 3.63) is 42.0 Å². The molecular formula is C15H19NO. The zero-order valence-electron chi connectivity index (χ0n) is 10.4. The molecule has 17 heavy (non-hydrogen) atoms. The van der Waals surface area contributed by atoms with Gasteiger partial charge in [0, 0.05) is 11.4 Å². The van der Waals surface area contributed by atoms with Gasteiger partial charge in [-0.2, -0.15) is 0 Å². The number of hydrogen-bond acceptors (Lipinski definition) is 2. The van der Waals surface area contributed by atoms with E-state index >= 15 is 0 Å². The third-order valence-corrected chi connectivity index (χ3v) is 3.55. The highest BCUT2D eigenvalue weighted by Crippen LogP contribution is 2.33. The number of rotatable bonds is 3. The van der Waals surface area contributed by atoms with Gasteiger partial charge in [0.15, 0.2) is 0 Å². The topological polar surface area (TPSA) is 46.2 Å². The van der Waals surface area contributed by atoms with Crippen molar-refractivity contribution >= 4 is 10.8 Å². The smallest absolute Gasteiger partial charge is 0.123 e. The minimum Gasteiger partial charge on any atom is -0.507 e. The fourth-order valence-electron chi connectivity index (χ4n) is 2.16. The van der Waals surface area contributed by atoms with Crippen LogP contribution in [0.25, 0.3) is 10.8 Å². The fraction of sp³-hybridized carbons (Fsp3) is 0.333. The first-order valence-corrected chi connectivity index (χ1v) is 6.11. The van der Waals surface area contributed by atoms with Gasteiger partial charge in [0.1, 0.15) is 5.75 Å². The molecule has 3 N–H and O–H groups in total. The van der Waals surface area contributed by atoms with Crippen LogP contribution in [0.15, 0.2) is 36.4 Å². The van der Waals surface area contributed by atoms with Gasteiger partial charge in [-0.05, 0) is 22.9 Å². The highest BCUT2D eigenvalue weighted by atomic mass is 16.3. The Morgan fingerprint density at radius 1 is 1.12 bits per heavy atom. The molecule has 2 aromatic rings. The average Bonchev–Trinajstić information content (AvgIpc) is 2.38. The van der Waals surface area contributed by atoms with Crippen LogP contribution in [0.2, 0.25) is 0 Å². The molecule has 2 rings (SSSR count). The molecule has 0 spiro atoms. The summed E-state index contributed by atoms with van der Waals surface area (Å²) in [6.07, 6.45) is 1.05. The molecule has 2 nitrogen and oxygen atoms in total. The van der Waals surface area contributed by atoms with Gasteiger partial charge in [-0.15, -0.1) is 0 Å². The number of fused-ring (bicyclic) bond motifs is 1. The molecule has 0 fully saturated rings. The lowest BCUT2D eigenvalue weighted by molar-refractivity contribution is 0.457. The molecule has 0 aliphatic heterocycles. The van der Waals surface area contributed by atoms with Crippen molar-refractivity contribution in [3.8, 4) is 5.75 Å². The largest absolute Gasteiger partial charge is 0.507 e. The summed E-state index contributed by atoms with van der Waals surface area (Å²) in [4.78, 5) is 0. The van der Waals surface area contributed by atoms with Crippen LogP contribution in [0.1, 0.15) is 31.9 Å². The van der Waals surface area contributed by atoms with Gasteiger partial charge in [-0.3, -0.25) is 0 Å². The van der Waals surface area contributed by atoms with Crippen molar-refractivity contribution in [1.29, 1.82) is 0 Å². The Kier molecular flexibility index (Phi) is 3.34. The molecule has 0 aliphatic carbocycles. The van der Waals surface area contributed by atoms with Gasteiger partial charge in [-0.1, -0.05) is 50.6 Å². The van der Waals surface area contributed by atoms with Gasteiger partial charge in [-0.25, -0.2) is 0 Å². The summed E-state index contributed by atoms with van der Waals surface area (Å²) in [5, 5.41) is 11.8. The second kappa shape index (κ2) is 4.76. The Morgan fingerprint density at radius 3 is 2.41 bits per heavy atom. The van der Waals surface area contributed by atoms with Crippen molar-refractivity contribution in [3.63, 3.8) is 0 Å². The zero-order valence-corrected chi connectivity index (χ0v) is 10.4. The monoisotopic (exact) mass is 229 g/mol. The first-order valence-electron chi connectivity index (χ1n) is 6.11. The number of phenols is 1. The van der Waals surface area contributed by atoms with E-state index in [1.807, 2.05) is 30.3 Å². The van der Waals surface area contributed by atoms with Crippen LogP contribution in [-0.4, -0.2) is 5.11 Å². The Balaban J connectivity index is 2.59. The van der Waals surface area contributed by atoms with E-state index in [1.54, 1.807) is 6.07 Å². The van der Waals surface area contributed by atoms with E-state index in [2.05, 4.69) is 13.8 Å². The standard InChI is InChI=1S/C15H19NO/c1-3-10(2)15(16)13-8-9-14(17)12-7-5-4-6-11(12)13/h4-10,15,17H,3,16H2,1-2H3/t10?,15-/m0/s1. The molecule has 0 saturated carbocycles. The van der Waals surface area contributed by atoms with Gasteiger partial charge < -0.3 is 10.8 Å². The number of hydrogen-bond donors (Lipinski definition) is 2. The van der Waals surface area contributed by atoms with Crippen molar-refractivity contribution in [2.24, 2.45) is 11.7 Å². The Labute approximate surface area is 102 Å². The maximum atomic E-state index is 9.83. The minimum absolute atomic E-state index is 0.0190. The third kappa shape index (κ3) is 2.13. The third-order valence-electron chi connectivity index (χ3n) is 3.55. The van der Waals surface area contributed by atoms with Crippen molar-refractivity contribution in [2.75, 3.05) is 0 Å². The molecule has 2 aromatic carbocycles. The Morgan fingerprint density at radius 2 is 1.76 bits per heavy atom. The summed E-state index contributed by atoms with van der Waals surface area (Å²) in [7, 11) is 0. The maximum Gasteiger partial charge on any atom is 0.123 e. The summed E-state index contributed by atoms with van der Waals surface area (Å²) in [5.74, 6) is 0.753. The van der Waals surface area contributed by atoms with Crippen LogP contribution >= 0.6 is 0 Å². The minimum atomic E-state index is 0.0190. The molecule has 0 radical (unpaired) electrons. The van der Waals surface area contributed by atoms with Crippen LogP contribution in [0.3, 0.4) is 0 Å². The van der Waals surface area contributed by atoms with Crippen molar-refractivity contribution in [1.82, 2.24) is 0 Å². The SMILES string of the molecule is CCC(C)[C@H](N)c1ccc(O)c2ccccc12. The van der Waals surface area contributed by atoms with Gasteiger partial charge >= 0.3 is 0 Å². The first-order chi connectivity index (χ1) is 8.15. The summed E-state index contributed by atoms with van der Waals surface area (Å²) in [5.41, 5.74) is 7.40. The number of benzene rings is 2. The van der Waals surface area contributed by atoms with E-state index in [0.29, 0.717) is 11.7 Å². The van der Waals surface area contributed by atoms with E-state index in [9.17, 15) is 5.11 Å². The number of nitrogens with two attached hydrogens (primary N) is 1. The zero-order chi connectivity index (χ0) is 12.4. The second-order valence-corrected chi connectivity index (χ2v) is 4.63. The molecule has 0 heterocycles. The predicted octanol–water partition coefficient (Wildman–Crippen LogP) is 3.59. The van der Waals surface area contributed by atoms with Crippen LogP contribution in [0.4, 0.5) is 0 Å². The van der Waals surface area contributed by atoms with Gasteiger partial charge in [0.05, 0.1) is 0 Å². The molecule has 2 atom stereocenters. The van der Waals surface area contributed by atoms with E-state index in [1.165, 1.54) is 0 Å². The second-order valence-electron chi connectivity index (χ2n) is 4.63. The number of aromatic hydroxyl groups is 1. The van der Waals surface area contributed by atoms with Gasteiger partial charge in [0.2, 0.25) is 0 Å². The normalized spacial score (nSPS) is 14.8. The average molecular weight is 229 g/mol. The van der Waals surface area contributed by atoms with Gasteiger partial charge in [0.25, 0.3) is 0 Å². The molecule has 0 aromatic heterocycles. The van der Waals surface area contributed by atoms with E-state index in [0.717, 1.165) is 22.8 Å². The summed E-state index contributed by atoms with van der Waals surface area (Å²) >= 11 is 0. The molecule has 1 unspecified atom stereocenters. The highest BCUT2D eigenvalue weighted by molar-refractivity contribution is 5.91. The van der Waals surface area contributed by atoms with Crippen molar-refractivity contribution < 1.29 is 5.11 Å². The molecular weight excluding hydrogens is 210 g/mol. The molecule has 0 aliphatic rings. The van der Waals surface area contributed by atoms with Crippen LogP contribution < -0.4 is 5.73 Å². The number of phenolic OH excluding ortho intramolecular Hbond substituents is 1. The predicted molar refractivity (Wildman–Crippen MR) is 72.0 cm³/mol. The Hall–Kier alpha value is -1.54. The molecule has 90 valence electrons. The molecule has 0 saturated heterocycles. The van der Waals surface area contributed by atoms with Crippen LogP contribution in [-0.2, 0) is 0 Å². The maximum absolute atomic E-state index is 9.83. The molecule has 2 heteroatoms. The summed E-state index contributed by atoms with van der Waals surface area (Å²) in [6.45, 7) is 4.30. The van der Waals surface area contributed by atoms with Crippen LogP contribution in [0, 0.1) is 5.92 Å². The van der Waals surface area contributed by atoms with E-state index in [4.69, 9.17) is 5.73 Å². The lowest BCUT2D eigenvalue weighted by Gasteiger charge is -2.20. The van der Waals surface area contributed by atoms with Crippen molar-refractivity contribution in [2.45, 2.75) is 26.3 Å². The highest BCUT2D eigenvalue weighted by Gasteiger charge is 2.16. The van der Waals surface area contributed by atoms with Crippen LogP contribution in [0.5, 0.6) is 5.75 Å². The summed E-state index contributed by atoms with van der Waals surface area (Å²) < 4.78 is 0. The van der Waals surface area contributed by atoms with E-state index in [-0.39, 0.29) is 6.04 Å². The fourth-order valence-corrected chi connectivity index (χ4v) is 2.16.